The molecule has 0 amide bonds. The lowest BCUT2D eigenvalue weighted by atomic mass is 9.67. The molecule has 0 bridgehead atoms. The van der Waals surface area contributed by atoms with E-state index in [-0.39, 0.29) is 18.3 Å². The van der Waals surface area contributed by atoms with Crippen molar-refractivity contribution in [3.8, 4) is 0 Å². The lowest BCUT2D eigenvalue weighted by Crippen LogP contribution is -2.39. The molecule has 0 nitrogen and oxygen atoms in total. The van der Waals surface area contributed by atoms with Crippen molar-refractivity contribution < 1.29 is 17.6 Å². The molecule has 0 aromatic heterocycles. The minimum absolute atomic E-state index is 0.0240. The van der Waals surface area contributed by atoms with Crippen LogP contribution in [0.4, 0.5) is 17.6 Å². The standard InChI is InChI=1S/C26H36F4/c1-3-5-18-7-9-20(10-8-18)24(27)25(28)21-13-11-19(12-14-21)22-15-16-23(6-4-2)26(29,30)17-22/h7-10,19,21-23H,3-6,11-17H2,1-2H3/b25-24+. The summed E-state index contributed by atoms with van der Waals surface area (Å²) in [5.74, 6) is -4.64. The van der Waals surface area contributed by atoms with Gasteiger partial charge in [-0.25, -0.2) is 17.6 Å². The van der Waals surface area contributed by atoms with E-state index in [2.05, 4.69) is 6.92 Å². The molecule has 0 saturated heterocycles. The number of hydrogen-bond donors (Lipinski definition) is 0. The molecule has 0 spiro atoms. The summed E-state index contributed by atoms with van der Waals surface area (Å²) in [6, 6.07) is 7.03. The minimum Gasteiger partial charge on any atom is -0.208 e. The van der Waals surface area contributed by atoms with Crippen molar-refractivity contribution in [1.82, 2.24) is 0 Å². The van der Waals surface area contributed by atoms with E-state index in [1.165, 1.54) is 0 Å². The highest BCUT2D eigenvalue weighted by atomic mass is 19.3. The number of allylic oxidation sites excluding steroid dienone is 1. The van der Waals surface area contributed by atoms with Crippen LogP contribution in [0.15, 0.2) is 30.1 Å². The molecule has 2 aliphatic carbocycles. The van der Waals surface area contributed by atoms with Crippen LogP contribution < -0.4 is 0 Å². The van der Waals surface area contributed by atoms with Crippen molar-refractivity contribution in [2.45, 2.75) is 90.4 Å². The molecule has 1 aromatic carbocycles. The zero-order chi connectivity index (χ0) is 21.7. The molecule has 0 N–H and O–H groups in total. The Morgan fingerprint density at radius 2 is 1.50 bits per heavy atom. The molecule has 0 heterocycles. The summed E-state index contributed by atoms with van der Waals surface area (Å²) in [4.78, 5) is 0. The van der Waals surface area contributed by atoms with Crippen LogP contribution >= 0.6 is 0 Å². The molecule has 2 saturated carbocycles. The Labute approximate surface area is 179 Å². The van der Waals surface area contributed by atoms with Gasteiger partial charge in [-0.2, -0.15) is 0 Å². The van der Waals surface area contributed by atoms with Crippen LogP contribution in [0, 0.1) is 23.7 Å². The molecule has 30 heavy (non-hydrogen) atoms. The predicted octanol–water partition coefficient (Wildman–Crippen LogP) is 8.90. The van der Waals surface area contributed by atoms with Gasteiger partial charge in [-0.05, 0) is 68.8 Å². The van der Waals surface area contributed by atoms with Crippen LogP contribution in [-0.2, 0) is 6.42 Å². The third-order valence-corrected chi connectivity index (χ3v) is 7.41. The molecular weight excluding hydrogens is 388 g/mol. The van der Waals surface area contributed by atoms with Crippen molar-refractivity contribution in [3.63, 3.8) is 0 Å². The van der Waals surface area contributed by atoms with Gasteiger partial charge in [0, 0.05) is 23.8 Å². The Hall–Kier alpha value is -1.32. The largest absolute Gasteiger partial charge is 0.251 e. The number of benzene rings is 1. The number of halogens is 4. The predicted molar refractivity (Wildman–Crippen MR) is 116 cm³/mol. The first kappa shape index (κ1) is 23.3. The molecule has 2 aliphatic rings. The second kappa shape index (κ2) is 10.3. The van der Waals surface area contributed by atoms with Crippen molar-refractivity contribution in [1.29, 1.82) is 0 Å². The fourth-order valence-electron chi connectivity index (χ4n) is 5.62. The van der Waals surface area contributed by atoms with Crippen molar-refractivity contribution in [2.24, 2.45) is 23.7 Å². The van der Waals surface area contributed by atoms with E-state index in [4.69, 9.17) is 0 Å². The number of aryl methyl sites for hydroxylation is 1. The van der Waals surface area contributed by atoms with E-state index in [9.17, 15) is 17.6 Å². The summed E-state index contributed by atoms with van der Waals surface area (Å²) < 4.78 is 58.6. The van der Waals surface area contributed by atoms with E-state index in [1.54, 1.807) is 12.1 Å². The molecule has 2 atom stereocenters. The molecule has 2 unspecified atom stereocenters. The van der Waals surface area contributed by atoms with E-state index < -0.39 is 29.4 Å². The Morgan fingerprint density at radius 3 is 2.07 bits per heavy atom. The van der Waals surface area contributed by atoms with Crippen LogP contribution in [0.1, 0.15) is 89.2 Å². The molecular formula is C26H36F4. The van der Waals surface area contributed by atoms with Crippen LogP contribution in [0.5, 0.6) is 0 Å². The lowest BCUT2D eigenvalue weighted by Gasteiger charge is -2.41. The van der Waals surface area contributed by atoms with Crippen molar-refractivity contribution in [3.05, 3.63) is 41.2 Å². The first-order valence-electron chi connectivity index (χ1n) is 11.9. The maximum atomic E-state index is 14.8. The zero-order valence-corrected chi connectivity index (χ0v) is 18.4. The van der Waals surface area contributed by atoms with Gasteiger partial charge in [0.2, 0.25) is 0 Å². The Bertz CT molecular complexity index is 698. The zero-order valence-electron chi connectivity index (χ0n) is 18.4. The van der Waals surface area contributed by atoms with Gasteiger partial charge in [0.05, 0.1) is 0 Å². The molecule has 2 fully saturated rings. The smallest absolute Gasteiger partial charge is 0.208 e. The fourth-order valence-corrected chi connectivity index (χ4v) is 5.62. The van der Waals surface area contributed by atoms with E-state index in [0.29, 0.717) is 31.2 Å². The van der Waals surface area contributed by atoms with Crippen LogP contribution in [0.25, 0.3) is 5.83 Å². The molecule has 168 valence electrons. The quantitative estimate of drug-likeness (QED) is 0.383. The topological polar surface area (TPSA) is 0 Å². The summed E-state index contributed by atoms with van der Waals surface area (Å²) in [7, 11) is 0. The normalized spacial score (nSPS) is 30.1. The first-order chi connectivity index (χ1) is 14.4. The highest BCUT2D eigenvalue weighted by molar-refractivity contribution is 5.61. The maximum absolute atomic E-state index is 14.8. The molecule has 4 heteroatoms. The van der Waals surface area contributed by atoms with Gasteiger partial charge in [0.25, 0.3) is 5.92 Å². The van der Waals surface area contributed by atoms with Gasteiger partial charge in [0.15, 0.2) is 5.83 Å². The van der Waals surface area contributed by atoms with Gasteiger partial charge in [-0.15, -0.1) is 0 Å². The van der Waals surface area contributed by atoms with Gasteiger partial charge in [0.1, 0.15) is 5.83 Å². The monoisotopic (exact) mass is 424 g/mol. The Balaban J connectivity index is 1.57. The van der Waals surface area contributed by atoms with E-state index >= 15 is 0 Å². The summed E-state index contributed by atoms with van der Waals surface area (Å²) in [5, 5.41) is 0. The lowest BCUT2D eigenvalue weighted by molar-refractivity contribution is -0.114. The number of alkyl halides is 2. The van der Waals surface area contributed by atoms with E-state index in [1.807, 2.05) is 19.1 Å². The van der Waals surface area contributed by atoms with Gasteiger partial charge in [-0.3, -0.25) is 0 Å². The molecule has 3 rings (SSSR count). The van der Waals surface area contributed by atoms with Crippen LogP contribution in [0.3, 0.4) is 0 Å². The number of hydrogen-bond acceptors (Lipinski definition) is 0. The summed E-state index contributed by atoms with van der Waals surface area (Å²) in [6.45, 7) is 4.05. The van der Waals surface area contributed by atoms with Crippen LogP contribution in [-0.4, -0.2) is 5.92 Å². The maximum Gasteiger partial charge on any atom is 0.251 e. The second-order valence-corrected chi connectivity index (χ2v) is 9.51. The average molecular weight is 425 g/mol. The van der Waals surface area contributed by atoms with Crippen LogP contribution in [0.2, 0.25) is 0 Å². The number of rotatable bonds is 7. The summed E-state index contributed by atoms with van der Waals surface area (Å²) >= 11 is 0. The SMILES string of the molecule is CCCc1ccc(/C(F)=C(\F)C2CCC(C3CCC(CCC)C(F)(F)C3)CC2)cc1. The highest BCUT2D eigenvalue weighted by Crippen LogP contribution is 2.49. The third-order valence-electron chi connectivity index (χ3n) is 7.41. The highest BCUT2D eigenvalue weighted by Gasteiger charge is 2.46. The van der Waals surface area contributed by atoms with E-state index in [0.717, 1.165) is 44.1 Å². The summed E-state index contributed by atoms with van der Waals surface area (Å²) in [5.41, 5.74) is 1.42. The van der Waals surface area contributed by atoms with Gasteiger partial charge >= 0.3 is 0 Å². The van der Waals surface area contributed by atoms with Crippen molar-refractivity contribution >= 4 is 5.83 Å². The van der Waals surface area contributed by atoms with Crippen molar-refractivity contribution in [2.75, 3.05) is 0 Å². The minimum atomic E-state index is -2.57. The molecule has 1 aromatic rings. The average Bonchev–Trinajstić information content (AvgIpc) is 2.75. The van der Waals surface area contributed by atoms with Gasteiger partial charge in [-0.1, -0.05) is 51.0 Å². The Kier molecular flexibility index (Phi) is 8.04. The van der Waals surface area contributed by atoms with Gasteiger partial charge < -0.3 is 0 Å². The fraction of sp³-hybridized carbons (Fsp3) is 0.692. The molecule has 0 radical (unpaired) electrons. The summed E-state index contributed by atoms with van der Waals surface area (Å²) in [6.07, 6.45) is 7.32. The molecule has 0 aliphatic heterocycles. The Morgan fingerprint density at radius 1 is 0.867 bits per heavy atom. The third kappa shape index (κ3) is 5.48. The second-order valence-electron chi connectivity index (χ2n) is 9.51. The first-order valence-corrected chi connectivity index (χ1v) is 11.9.